The van der Waals surface area contributed by atoms with Crippen LogP contribution in [0, 0.1) is 17.0 Å². The molecule has 0 spiro atoms. The highest BCUT2D eigenvalue weighted by atomic mass is 16.6. The van der Waals surface area contributed by atoms with Crippen LogP contribution in [0.1, 0.15) is 49.4 Å². The zero-order chi connectivity index (χ0) is 18.1. The van der Waals surface area contributed by atoms with Crippen molar-refractivity contribution in [3.63, 3.8) is 0 Å². The number of esters is 1. The van der Waals surface area contributed by atoms with Crippen molar-refractivity contribution in [2.75, 3.05) is 6.61 Å². The van der Waals surface area contributed by atoms with E-state index in [9.17, 15) is 14.9 Å². The summed E-state index contributed by atoms with van der Waals surface area (Å²) in [6.45, 7) is 10.1. The van der Waals surface area contributed by atoms with E-state index in [0.29, 0.717) is 12.2 Å². The molecule has 6 heteroatoms. The van der Waals surface area contributed by atoms with E-state index >= 15 is 0 Å². The number of ether oxygens (including phenoxy) is 1. The van der Waals surface area contributed by atoms with E-state index in [1.54, 1.807) is 19.1 Å². The van der Waals surface area contributed by atoms with Crippen LogP contribution >= 0.6 is 0 Å². The fourth-order valence-electron chi connectivity index (χ4n) is 2.63. The lowest BCUT2D eigenvalue weighted by molar-refractivity contribution is -0.384. The van der Waals surface area contributed by atoms with Crippen molar-refractivity contribution in [2.45, 2.75) is 40.0 Å². The average molecular weight is 330 g/mol. The van der Waals surface area contributed by atoms with E-state index in [4.69, 9.17) is 4.74 Å². The first kappa shape index (κ1) is 17.7. The lowest BCUT2D eigenvalue weighted by Gasteiger charge is -2.22. The molecule has 2 rings (SSSR count). The third-order valence-electron chi connectivity index (χ3n) is 3.83. The average Bonchev–Trinajstić information content (AvgIpc) is 2.85. The van der Waals surface area contributed by atoms with Gasteiger partial charge in [0, 0.05) is 34.6 Å². The Balaban J connectivity index is 2.63. The van der Waals surface area contributed by atoms with Crippen molar-refractivity contribution in [3.05, 3.63) is 57.4 Å². The molecular formula is C18H22N2O4. The predicted octanol–water partition coefficient (Wildman–Crippen LogP) is 4.17. The summed E-state index contributed by atoms with van der Waals surface area (Å²) in [5.74, 6) is -0.360. The fourth-order valence-corrected chi connectivity index (χ4v) is 2.63. The second-order valence-corrected chi connectivity index (χ2v) is 6.61. The Morgan fingerprint density at radius 2 is 1.83 bits per heavy atom. The summed E-state index contributed by atoms with van der Waals surface area (Å²) in [4.78, 5) is 22.6. The van der Waals surface area contributed by atoms with Crippen LogP contribution < -0.4 is 0 Å². The number of carbonyl (C=O) groups excluding carboxylic acids is 1. The molecule has 0 aliphatic heterocycles. The molecule has 1 aromatic heterocycles. The Morgan fingerprint density at radius 1 is 1.25 bits per heavy atom. The van der Waals surface area contributed by atoms with Gasteiger partial charge in [0.1, 0.15) is 0 Å². The van der Waals surface area contributed by atoms with Crippen molar-refractivity contribution in [2.24, 2.45) is 0 Å². The maximum atomic E-state index is 12.2. The summed E-state index contributed by atoms with van der Waals surface area (Å²) >= 11 is 0. The Bertz CT molecular complexity index is 768. The highest BCUT2D eigenvalue weighted by molar-refractivity contribution is 5.91. The number of hydrogen-bond donors (Lipinski definition) is 0. The number of aromatic nitrogens is 1. The minimum Gasteiger partial charge on any atom is -0.462 e. The summed E-state index contributed by atoms with van der Waals surface area (Å²) in [5, 5.41) is 10.8. The summed E-state index contributed by atoms with van der Waals surface area (Å²) < 4.78 is 7.09. The fraction of sp³-hybridized carbons (Fsp3) is 0.389. The molecule has 0 unspecified atom stereocenters. The molecule has 0 aliphatic rings. The molecule has 128 valence electrons. The molecule has 1 heterocycles. The molecule has 0 saturated carbocycles. The van der Waals surface area contributed by atoms with Gasteiger partial charge in [-0.2, -0.15) is 0 Å². The van der Waals surface area contributed by atoms with Crippen molar-refractivity contribution in [1.82, 2.24) is 4.57 Å². The Hall–Kier alpha value is -2.63. The molecule has 2 aromatic rings. The van der Waals surface area contributed by atoms with Crippen LogP contribution in [-0.4, -0.2) is 22.1 Å². The minimum absolute atomic E-state index is 0.0338. The number of hydrogen-bond acceptors (Lipinski definition) is 4. The van der Waals surface area contributed by atoms with Crippen molar-refractivity contribution >= 4 is 11.7 Å². The molecule has 6 nitrogen and oxygen atoms in total. The Labute approximate surface area is 141 Å². The van der Waals surface area contributed by atoms with E-state index in [1.165, 1.54) is 12.1 Å². The summed E-state index contributed by atoms with van der Waals surface area (Å²) in [7, 11) is 0. The quantitative estimate of drug-likeness (QED) is 0.479. The molecule has 0 amide bonds. The SMILES string of the molecule is CCOC(=O)c1cc(C(C)(C)C)n(-c2ccc([N+](=O)[O-])cc2)c1C. The standard InChI is InChI=1S/C18H22N2O4/c1-6-24-17(21)15-11-16(18(3,4)5)19(12(15)2)13-7-9-14(10-8-13)20(22)23/h7-11H,6H2,1-5H3. The van der Waals surface area contributed by atoms with E-state index in [0.717, 1.165) is 17.1 Å². The zero-order valence-electron chi connectivity index (χ0n) is 14.6. The van der Waals surface area contributed by atoms with Gasteiger partial charge >= 0.3 is 5.97 Å². The van der Waals surface area contributed by atoms with Crippen LogP contribution in [0.4, 0.5) is 5.69 Å². The molecule has 24 heavy (non-hydrogen) atoms. The van der Waals surface area contributed by atoms with E-state index < -0.39 is 4.92 Å². The number of nitrogens with zero attached hydrogens (tertiary/aromatic N) is 2. The van der Waals surface area contributed by atoms with Gasteiger partial charge in [0.15, 0.2) is 0 Å². The topological polar surface area (TPSA) is 74.4 Å². The first-order valence-electron chi connectivity index (χ1n) is 7.81. The first-order chi connectivity index (χ1) is 11.2. The number of non-ortho nitro benzene ring substituents is 1. The largest absolute Gasteiger partial charge is 0.462 e. The Morgan fingerprint density at radius 3 is 2.29 bits per heavy atom. The van der Waals surface area contributed by atoms with Crippen LogP contribution in [0.25, 0.3) is 5.69 Å². The molecule has 0 saturated heterocycles. The number of nitro groups is 1. The van der Waals surface area contributed by atoms with E-state index in [-0.39, 0.29) is 17.1 Å². The number of rotatable bonds is 4. The molecule has 0 atom stereocenters. The summed E-state index contributed by atoms with van der Waals surface area (Å²) in [6.07, 6.45) is 0. The summed E-state index contributed by atoms with van der Waals surface area (Å²) in [5.41, 5.74) is 2.81. The molecule has 0 aliphatic carbocycles. The maximum Gasteiger partial charge on any atom is 0.339 e. The molecular weight excluding hydrogens is 308 g/mol. The van der Waals surface area contributed by atoms with Gasteiger partial charge in [0.2, 0.25) is 0 Å². The normalized spacial score (nSPS) is 11.4. The molecule has 0 bridgehead atoms. The first-order valence-corrected chi connectivity index (χ1v) is 7.81. The monoisotopic (exact) mass is 330 g/mol. The third-order valence-corrected chi connectivity index (χ3v) is 3.83. The zero-order valence-corrected chi connectivity index (χ0v) is 14.6. The molecule has 1 aromatic carbocycles. The van der Waals surface area contributed by atoms with E-state index in [1.807, 2.05) is 17.6 Å². The lowest BCUT2D eigenvalue weighted by Crippen LogP contribution is -2.17. The lowest BCUT2D eigenvalue weighted by atomic mass is 9.91. The van der Waals surface area contributed by atoms with Gasteiger partial charge in [-0.25, -0.2) is 4.79 Å². The maximum absolute atomic E-state index is 12.2. The minimum atomic E-state index is -0.430. The highest BCUT2D eigenvalue weighted by Gasteiger charge is 2.26. The van der Waals surface area contributed by atoms with Crippen LogP contribution in [-0.2, 0) is 10.2 Å². The number of nitro benzene ring substituents is 1. The number of benzene rings is 1. The second-order valence-electron chi connectivity index (χ2n) is 6.61. The second kappa shape index (κ2) is 6.47. The van der Waals surface area contributed by atoms with Gasteiger partial charge in [0.05, 0.1) is 17.1 Å². The van der Waals surface area contributed by atoms with Crippen LogP contribution in [0.15, 0.2) is 30.3 Å². The van der Waals surface area contributed by atoms with Crippen LogP contribution in [0.3, 0.4) is 0 Å². The van der Waals surface area contributed by atoms with Gasteiger partial charge < -0.3 is 9.30 Å². The third kappa shape index (κ3) is 3.32. The van der Waals surface area contributed by atoms with Crippen LogP contribution in [0.5, 0.6) is 0 Å². The van der Waals surface area contributed by atoms with Crippen molar-refractivity contribution in [1.29, 1.82) is 0 Å². The Kier molecular flexibility index (Phi) is 4.78. The molecule has 0 fully saturated rings. The van der Waals surface area contributed by atoms with Crippen LogP contribution in [0.2, 0.25) is 0 Å². The van der Waals surface area contributed by atoms with Crippen molar-refractivity contribution in [3.8, 4) is 5.69 Å². The van der Waals surface area contributed by atoms with Gasteiger partial charge in [-0.3, -0.25) is 10.1 Å². The molecule has 0 radical (unpaired) electrons. The van der Waals surface area contributed by atoms with Gasteiger partial charge in [-0.1, -0.05) is 20.8 Å². The van der Waals surface area contributed by atoms with Gasteiger partial charge in [0.25, 0.3) is 5.69 Å². The predicted molar refractivity (Wildman–Crippen MR) is 91.8 cm³/mol. The summed E-state index contributed by atoms with van der Waals surface area (Å²) in [6, 6.07) is 8.15. The molecule has 0 N–H and O–H groups in total. The smallest absolute Gasteiger partial charge is 0.339 e. The van der Waals surface area contributed by atoms with Gasteiger partial charge in [-0.15, -0.1) is 0 Å². The highest BCUT2D eigenvalue weighted by Crippen LogP contribution is 2.31. The van der Waals surface area contributed by atoms with Gasteiger partial charge in [-0.05, 0) is 32.0 Å². The van der Waals surface area contributed by atoms with E-state index in [2.05, 4.69) is 20.8 Å². The van der Waals surface area contributed by atoms with Crippen molar-refractivity contribution < 1.29 is 14.5 Å². The number of carbonyl (C=O) groups is 1.